The maximum Gasteiger partial charge on any atom is 0.104 e. The van der Waals surface area contributed by atoms with E-state index in [1.54, 1.807) is 0 Å². The molecule has 0 aromatic heterocycles. The third-order valence-corrected chi connectivity index (χ3v) is 3.19. The van der Waals surface area contributed by atoms with Crippen LogP contribution in [0.1, 0.15) is 12.8 Å². The van der Waals surface area contributed by atoms with E-state index < -0.39 is 0 Å². The number of hydrogen-bond donors (Lipinski definition) is 0. The van der Waals surface area contributed by atoms with Gasteiger partial charge >= 0.3 is 0 Å². The quantitative estimate of drug-likeness (QED) is 0.555. The lowest BCUT2D eigenvalue weighted by atomic mass is 10.1. The third kappa shape index (κ3) is 3.14. The highest BCUT2D eigenvalue weighted by molar-refractivity contribution is 4.93. The molecule has 86 valence electrons. The monoisotopic (exact) mass is 214 g/mol. The molecule has 0 bridgehead atoms. The second-order valence-corrected chi connectivity index (χ2v) is 4.94. The van der Waals surface area contributed by atoms with E-state index >= 15 is 0 Å². The number of ether oxygens (including phenoxy) is 4. The summed E-state index contributed by atoms with van der Waals surface area (Å²) in [6, 6.07) is 0. The Kier molecular flexibility index (Phi) is 2.68. The zero-order valence-electron chi connectivity index (χ0n) is 8.94. The predicted molar refractivity (Wildman–Crippen MR) is 52.8 cm³/mol. The summed E-state index contributed by atoms with van der Waals surface area (Å²) in [7, 11) is 0. The molecule has 3 aliphatic rings. The average molecular weight is 214 g/mol. The van der Waals surface area contributed by atoms with Gasteiger partial charge in [-0.1, -0.05) is 0 Å². The molecule has 2 atom stereocenters. The van der Waals surface area contributed by atoms with Crippen molar-refractivity contribution in [1.29, 1.82) is 0 Å². The molecule has 2 saturated heterocycles. The Hall–Kier alpha value is -0.160. The molecule has 15 heavy (non-hydrogen) atoms. The van der Waals surface area contributed by atoms with Crippen molar-refractivity contribution in [3.63, 3.8) is 0 Å². The Morgan fingerprint density at radius 2 is 1.40 bits per heavy atom. The van der Waals surface area contributed by atoms with Crippen LogP contribution in [-0.2, 0) is 18.9 Å². The van der Waals surface area contributed by atoms with Crippen LogP contribution in [0.15, 0.2) is 0 Å². The number of hydrogen-bond acceptors (Lipinski definition) is 4. The van der Waals surface area contributed by atoms with Gasteiger partial charge in [0.1, 0.15) is 12.2 Å². The van der Waals surface area contributed by atoms with Crippen molar-refractivity contribution in [2.75, 3.05) is 39.6 Å². The molecular weight excluding hydrogens is 196 g/mol. The van der Waals surface area contributed by atoms with Gasteiger partial charge in [0.15, 0.2) is 0 Å². The van der Waals surface area contributed by atoms with E-state index in [4.69, 9.17) is 18.9 Å². The first kappa shape index (κ1) is 10.0. The SMILES string of the molecule is C(OCC1(COCC2CO2)CC1)C1CO1. The third-order valence-electron chi connectivity index (χ3n) is 3.19. The second-order valence-electron chi connectivity index (χ2n) is 4.94. The Balaban J connectivity index is 1.28. The van der Waals surface area contributed by atoms with Crippen LogP contribution in [0.25, 0.3) is 0 Å². The van der Waals surface area contributed by atoms with E-state index in [1.165, 1.54) is 12.8 Å². The molecule has 2 unspecified atom stereocenters. The van der Waals surface area contributed by atoms with Crippen molar-refractivity contribution in [1.82, 2.24) is 0 Å². The van der Waals surface area contributed by atoms with E-state index in [-0.39, 0.29) is 0 Å². The first-order valence-electron chi connectivity index (χ1n) is 5.75. The molecule has 1 aliphatic carbocycles. The van der Waals surface area contributed by atoms with Crippen molar-refractivity contribution < 1.29 is 18.9 Å². The van der Waals surface area contributed by atoms with Crippen molar-refractivity contribution in [2.24, 2.45) is 5.41 Å². The molecule has 0 N–H and O–H groups in total. The lowest BCUT2D eigenvalue weighted by Gasteiger charge is -2.14. The average Bonchev–Trinajstić information content (AvgIpc) is 3.09. The van der Waals surface area contributed by atoms with Crippen molar-refractivity contribution in [3.05, 3.63) is 0 Å². The van der Waals surface area contributed by atoms with Crippen LogP contribution in [0.3, 0.4) is 0 Å². The van der Waals surface area contributed by atoms with E-state index in [0.29, 0.717) is 17.6 Å². The fraction of sp³-hybridized carbons (Fsp3) is 1.00. The molecule has 3 rings (SSSR count). The first-order valence-corrected chi connectivity index (χ1v) is 5.75. The Bertz CT molecular complexity index is 199. The first-order chi connectivity index (χ1) is 7.36. The summed E-state index contributed by atoms with van der Waals surface area (Å²) in [6.07, 6.45) is 3.23. The highest BCUT2D eigenvalue weighted by Crippen LogP contribution is 2.46. The van der Waals surface area contributed by atoms with Crippen molar-refractivity contribution >= 4 is 0 Å². The van der Waals surface area contributed by atoms with Crippen LogP contribution in [0.5, 0.6) is 0 Å². The minimum absolute atomic E-state index is 0.323. The maximum atomic E-state index is 5.62. The summed E-state index contributed by atoms with van der Waals surface area (Å²) in [6.45, 7) is 4.93. The smallest absolute Gasteiger partial charge is 0.104 e. The molecule has 0 aromatic carbocycles. The van der Waals surface area contributed by atoms with Crippen LogP contribution >= 0.6 is 0 Å². The topological polar surface area (TPSA) is 43.5 Å². The Morgan fingerprint density at radius 3 is 1.73 bits per heavy atom. The molecule has 2 aliphatic heterocycles. The maximum absolute atomic E-state index is 5.62. The van der Waals surface area contributed by atoms with Gasteiger partial charge in [-0.05, 0) is 12.8 Å². The summed E-state index contributed by atoms with van der Waals surface area (Å²) in [5.41, 5.74) is 0.323. The molecular formula is C11H18O4. The normalized spacial score (nSPS) is 35.2. The summed E-state index contributed by atoms with van der Waals surface area (Å²) in [4.78, 5) is 0. The minimum atomic E-state index is 0.323. The summed E-state index contributed by atoms with van der Waals surface area (Å²) >= 11 is 0. The van der Waals surface area contributed by atoms with Crippen LogP contribution in [0.2, 0.25) is 0 Å². The fourth-order valence-corrected chi connectivity index (χ4v) is 1.65. The van der Waals surface area contributed by atoms with Gasteiger partial charge in [-0.3, -0.25) is 0 Å². The molecule has 2 heterocycles. The lowest BCUT2D eigenvalue weighted by Crippen LogP contribution is -2.20. The van der Waals surface area contributed by atoms with Gasteiger partial charge in [0.25, 0.3) is 0 Å². The van der Waals surface area contributed by atoms with E-state index in [0.717, 1.165) is 39.6 Å². The lowest BCUT2D eigenvalue weighted by molar-refractivity contribution is 0.0187. The Morgan fingerprint density at radius 1 is 0.933 bits per heavy atom. The van der Waals surface area contributed by atoms with Crippen LogP contribution in [-0.4, -0.2) is 51.8 Å². The van der Waals surface area contributed by atoms with E-state index in [1.807, 2.05) is 0 Å². The van der Waals surface area contributed by atoms with Gasteiger partial charge in [-0.25, -0.2) is 0 Å². The van der Waals surface area contributed by atoms with Crippen LogP contribution in [0, 0.1) is 5.41 Å². The zero-order chi connectivity index (χ0) is 10.1. The van der Waals surface area contributed by atoms with Gasteiger partial charge in [-0.2, -0.15) is 0 Å². The summed E-state index contributed by atoms with van der Waals surface area (Å²) in [5.74, 6) is 0. The highest BCUT2D eigenvalue weighted by Gasteiger charge is 2.44. The molecule has 0 amide bonds. The molecule has 1 saturated carbocycles. The van der Waals surface area contributed by atoms with E-state index in [9.17, 15) is 0 Å². The standard InChI is InChI=1S/C11H18O4/c1-2-11(1,7-12-3-9-5-14-9)8-13-4-10-6-15-10/h9-10H,1-8H2. The second kappa shape index (κ2) is 4.01. The van der Waals surface area contributed by atoms with Crippen molar-refractivity contribution in [3.8, 4) is 0 Å². The van der Waals surface area contributed by atoms with Gasteiger partial charge in [0.2, 0.25) is 0 Å². The number of epoxide rings is 2. The summed E-state index contributed by atoms with van der Waals surface area (Å²) < 4.78 is 21.4. The zero-order valence-corrected chi connectivity index (χ0v) is 8.94. The largest absolute Gasteiger partial charge is 0.378 e. The molecule has 3 fully saturated rings. The van der Waals surface area contributed by atoms with Crippen LogP contribution < -0.4 is 0 Å². The fourth-order valence-electron chi connectivity index (χ4n) is 1.65. The van der Waals surface area contributed by atoms with Gasteiger partial charge < -0.3 is 18.9 Å². The highest BCUT2D eigenvalue weighted by atomic mass is 16.6. The predicted octanol–water partition coefficient (Wildman–Crippen LogP) is 0.597. The van der Waals surface area contributed by atoms with E-state index in [2.05, 4.69) is 0 Å². The summed E-state index contributed by atoms with van der Waals surface area (Å²) in [5, 5.41) is 0. The van der Waals surface area contributed by atoms with Gasteiger partial charge in [0.05, 0.1) is 39.6 Å². The Labute approximate surface area is 89.8 Å². The van der Waals surface area contributed by atoms with Crippen molar-refractivity contribution in [2.45, 2.75) is 25.0 Å². The molecule has 4 nitrogen and oxygen atoms in total. The molecule has 0 radical (unpaired) electrons. The molecule has 4 heteroatoms. The molecule has 0 aromatic rings. The van der Waals surface area contributed by atoms with Gasteiger partial charge in [0, 0.05) is 5.41 Å². The van der Waals surface area contributed by atoms with Gasteiger partial charge in [-0.15, -0.1) is 0 Å². The minimum Gasteiger partial charge on any atom is -0.378 e. The van der Waals surface area contributed by atoms with Crippen LogP contribution in [0.4, 0.5) is 0 Å². The number of rotatable bonds is 8. The molecule has 0 spiro atoms.